The molecule has 0 saturated heterocycles. The van der Waals surface area contributed by atoms with Crippen molar-refractivity contribution in [1.29, 1.82) is 0 Å². The highest BCUT2D eigenvalue weighted by Gasteiger charge is 2.21. The van der Waals surface area contributed by atoms with Crippen LogP contribution < -0.4 is 0 Å². The van der Waals surface area contributed by atoms with E-state index in [1.807, 2.05) is 60.7 Å². The van der Waals surface area contributed by atoms with Gasteiger partial charge in [0.25, 0.3) is 0 Å². The maximum atomic E-state index is 6.68. The third-order valence-electron chi connectivity index (χ3n) is 11.1. The number of aromatic nitrogens is 4. The average molecular weight is 731 g/mol. The first kappa shape index (κ1) is 31.5. The predicted molar refractivity (Wildman–Crippen MR) is 230 cm³/mol. The van der Waals surface area contributed by atoms with Crippen LogP contribution in [0.25, 0.3) is 117 Å². The van der Waals surface area contributed by atoms with Crippen molar-refractivity contribution in [1.82, 2.24) is 19.5 Å². The molecule has 0 unspecified atom stereocenters. The SMILES string of the molecule is c1ccc(-c2nc(-c3ccc4c(c3)oc3ccccc34)nc(-c3ccc4c(c3)oc3cccc(-c5cccc6c7ccccc7n(-c7ccccc7)c56)c34)n2)cc1. The van der Waals surface area contributed by atoms with Crippen LogP contribution in [0.15, 0.2) is 191 Å². The first-order valence-electron chi connectivity index (χ1n) is 19.0. The summed E-state index contributed by atoms with van der Waals surface area (Å²) in [6.45, 7) is 0. The zero-order valence-electron chi connectivity index (χ0n) is 30.4. The van der Waals surface area contributed by atoms with Gasteiger partial charge in [0.15, 0.2) is 17.5 Å². The summed E-state index contributed by atoms with van der Waals surface area (Å²) >= 11 is 0. The lowest BCUT2D eigenvalue weighted by molar-refractivity contribution is 0.668. The Kier molecular flexibility index (Phi) is 6.83. The normalized spacial score (nSPS) is 11.9. The molecule has 6 nitrogen and oxygen atoms in total. The standard InChI is InChI=1S/C51H30N4O2/c1-3-13-31(14-4-1)49-52-50(32-25-27-37-36-18-8-10-23-43(36)56-45(37)29-32)54-51(53-49)33-26-28-41-46(30-33)57-44-24-12-19-38(47(41)44)40-21-11-20-39-35-17-7-9-22-42(35)55(48(39)40)34-15-5-2-6-16-34/h1-30H. The van der Waals surface area contributed by atoms with Gasteiger partial charge in [0.1, 0.15) is 22.3 Å². The Morgan fingerprint density at radius 3 is 1.68 bits per heavy atom. The molecule has 0 amide bonds. The number of nitrogens with zero attached hydrogens (tertiary/aromatic N) is 4. The molecule has 266 valence electrons. The maximum absolute atomic E-state index is 6.68. The van der Waals surface area contributed by atoms with Crippen molar-refractivity contribution in [3.05, 3.63) is 182 Å². The second kappa shape index (κ2) is 12.3. The van der Waals surface area contributed by atoms with Crippen molar-refractivity contribution in [2.45, 2.75) is 0 Å². The molecular formula is C51H30N4O2. The molecular weight excluding hydrogens is 701 g/mol. The van der Waals surface area contributed by atoms with Gasteiger partial charge in [-0.2, -0.15) is 0 Å². The third-order valence-corrected chi connectivity index (χ3v) is 11.1. The van der Waals surface area contributed by atoms with E-state index in [2.05, 4.69) is 126 Å². The summed E-state index contributed by atoms with van der Waals surface area (Å²) in [5.41, 5.74) is 11.5. The van der Waals surface area contributed by atoms with Crippen LogP contribution in [0.3, 0.4) is 0 Å². The van der Waals surface area contributed by atoms with Gasteiger partial charge in [0.2, 0.25) is 0 Å². The molecule has 0 atom stereocenters. The van der Waals surface area contributed by atoms with Crippen molar-refractivity contribution in [2.75, 3.05) is 0 Å². The maximum Gasteiger partial charge on any atom is 0.164 e. The lowest BCUT2D eigenvalue weighted by Gasteiger charge is -2.12. The monoisotopic (exact) mass is 730 g/mol. The van der Waals surface area contributed by atoms with E-state index in [1.54, 1.807) is 0 Å². The highest BCUT2D eigenvalue weighted by molar-refractivity contribution is 6.19. The van der Waals surface area contributed by atoms with E-state index in [0.29, 0.717) is 17.5 Å². The van der Waals surface area contributed by atoms with Crippen molar-refractivity contribution in [2.24, 2.45) is 0 Å². The van der Waals surface area contributed by atoms with Crippen LogP contribution in [-0.2, 0) is 0 Å². The molecule has 0 bridgehead atoms. The molecule has 0 saturated carbocycles. The molecule has 0 radical (unpaired) electrons. The number of para-hydroxylation sites is 4. The second-order valence-corrected chi connectivity index (χ2v) is 14.4. The minimum Gasteiger partial charge on any atom is -0.456 e. The number of hydrogen-bond acceptors (Lipinski definition) is 5. The van der Waals surface area contributed by atoms with E-state index >= 15 is 0 Å². The van der Waals surface area contributed by atoms with Gasteiger partial charge < -0.3 is 13.4 Å². The molecule has 4 heterocycles. The van der Waals surface area contributed by atoms with Crippen LogP contribution in [0, 0.1) is 0 Å². The fourth-order valence-corrected chi connectivity index (χ4v) is 8.49. The van der Waals surface area contributed by atoms with Gasteiger partial charge in [0, 0.05) is 60.3 Å². The third kappa shape index (κ3) is 4.94. The smallest absolute Gasteiger partial charge is 0.164 e. The van der Waals surface area contributed by atoms with Crippen LogP contribution in [0.2, 0.25) is 0 Å². The van der Waals surface area contributed by atoms with E-state index in [9.17, 15) is 0 Å². The molecule has 8 aromatic carbocycles. The van der Waals surface area contributed by atoms with Gasteiger partial charge in [-0.1, -0.05) is 127 Å². The van der Waals surface area contributed by atoms with E-state index in [0.717, 1.165) is 82.9 Å². The molecule has 12 rings (SSSR count). The lowest BCUT2D eigenvalue weighted by atomic mass is 9.97. The minimum atomic E-state index is 0.559. The highest BCUT2D eigenvalue weighted by atomic mass is 16.3. The Labute approximate surface area is 325 Å². The van der Waals surface area contributed by atoms with Crippen LogP contribution >= 0.6 is 0 Å². The van der Waals surface area contributed by atoms with E-state index in [4.69, 9.17) is 23.8 Å². The van der Waals surface area contributed by atoms with Gasteiger partial charge in [-0.3, -0.25) is 0 Å². The molecule has 12 aromatic rings. The number of rotatable bonds is 5. The highest BCUT2D eigenvalue weighted by Crippen LogP contribution is 2.43. The van der Waals surface area contributed by atoms with Gasteiger partial charge in [-0.15, -0.1) is 0 Å². The molecule has 6 heteroatoms. The molecule has 4 aromatic heterocycles. The number of hydrogen-bond donors (Lipinski definition) is 0. The molecule has 57 heavy (non-hydrogen) atoms. The summed E-state index contributed by atoms with van der Waals surface area (Å²) < 4.78 is 15.3. The summed E-state index contributed by atoms with van der Waals surface area (Å²) in [7, 11) is 0. The largest absolute Gasteiger partial charge is 0.456 e. The van der Waals surface area contributed by atoms with E-state index in [-0.39, 0.29) is 0 Å². The molecule has 0 N–H and O–H groups in total. The fourth-order valence-electron chi connectivity index (χ4n) is 8.49. The Bertz CT molecular complexity index is 3530. The summed E-state index contributed by atoms with van der Waals surface area (Å²) in [4.78, 5) is 15.1. The molecule has 0 spiro atoms. The summed E-state index contributed by atoms with van der Waals surface area (Å²) in [5, 5.41) is 6.65. The first-order valence-corrected chi connectivity index (χ1v) is 19.0. The van der Waals surface area contributed by atoms with E-state index in [1.165, 1.54) is 16.3 Å². The van der Waals surface area contributed by atoms with Gasteiger partial charge in [-0.05, 0) is 60.2 Å². The van der Waals surface area contributed by atoms with Crippen LogP contribution in [0.4, 0.5) is 0 Å². The number of benzene rings is 8. The van der Waals surface area contributed by atoms with Crippen molar-refractivity contribution < 1.29 is 8.83 Å². The molecule has 0 aliphatic carbocycles. The first-order chi connectivity index (χ1) is 28.2. The summed E-state index contributed by atoms with van der Waals surface area (Å²) in [5.74, 6) is 1.72. The van der Waals surface area contributed by atoms with Crippen molar-refractivity contribution >= 4 is 65.7 Å². The Balaban J connectivity index is 1.04. The quantitative estimate of drug-likeness (QED) is 0.176. The van der Waals surface area contributed by atoms with Crippen LogP contribution in [-0.4, -0.2) is 19.5 Å². The Hall–Kier alpha value is -7.83. The predicted octanol–water partition coefficient (Wildman–Crippen LogP) is 13.4. The van der Waals surface area contributed by atoms with E-state index < -0.39 is 0 Å². The molecule has 0 fully saturated rings. The van der Waals surface area contributed by atoms with Gasteiger partial charge in [-0.25, -0.2) is 15.0 Å². The Morgan fingerprint density at radius 1 is 0.351 bits per heavy atom. The number of fused-ring (bicyclic) bond motifs is 9. The number of furan rings is 2. The van der Waals surface area contributed by atoms with Gasteiger partial charge in [0.05, 0.1) is 11.0 Å². The van der Waals surface area contributed by atoms with Crippen LogP contribution in [0.1, 0.15) is 0 Å². The summed E-state index contributed by atoms with van der Waals surface area (Å²) in [6, 6.07) is 62.7. The van der Waals surface area contributed by atoms with Crippen LogP contribution in [0.5, 0.6) is 0 Å². The zero-order chi connectivity index (χ0) is 37.5. The second-order valence-electron chi connectivity index (χ2n) is 14.4. The van der Waals surface area contributed by atoms with Gasteiger partial charge >= 0.3 is 0 Å². The molecule has 0 aliphatic rings. The zero-order valence-corrected chi connectivity index (χ0v) is 30.4. The molecule has 0 aliphatic heterocycles. The topological polar surface area (TPSA) is 69.9 Å². The lowest BCUT2D eigenvalue weighted by Crippen LogP contribution is -2.00. The van der Waals surface area contributed by atoms with Crippen molar-refractivity contribution in [3.63, 3.8) is 0 Å². The fraction of sp³-hybridized carbons (Fsp3) is 0. The van der Waals surface area contributed by atoms with Crippen molar-refractivity contribution in [3.8, 4) is 51.0 Å². The average Bonchev–Trinajstić information content (AvgIpc) is 3.96. The summed E-state index contributed by atoms with van der Waals surface area (Å²) in [6.07, 6.45) is 0. The minimum absolute atomic E-state index is 0.559. The Morgan fingerprint density at radius 2 is 0.895 bits per heavy atom.